The molecule has 8 heteroatoms. The van der Waals surface area contributed by atoms with E-state index >= 15 is 0 Å². The first-order valence-corrected chi connectivity index (χ1v) is 17.2. The third-order valence-corrected chi connectivity index (χ3v) is 8.64. The number of fused-ring (bicyclic) bond motifs is 3. The molecule has 0 unspecified atom stereocenters. The van der Waals surface area contributed by atoms with Crippen molar-refractivity contribution in [3.63, 3.8) is 0 Å². The molecule has 0 amide bonds. The molecule has 0 aliphatic heterocycles. The number of hydrogen-bond donors (Lipinski definition) is 0. The van der Waals surface area contributed by atoms with E-state index in [1.807, 2.05) is 13.8 Å². The molecule has 5 aromatic rings. The summed E-state index contributed by atoms with van der Waals surface area (Å²) in [7, 11) is -1.86. The van der Waals surface area contributed by atoms with Crippen molar-refractivity contribution in [2.45, 2.75) is 55.4 Å². The van der Waals surface area contributed by atoms with Crippen LogP contribution in [0.1, 0.15) is 44.5 Å². The van der Waals surface area contributed by atoms with Gasteiger partial charge < -0.3 is 17.4 Å². The lowest BCUT2D eigenvalue weighted by Gasteiger charge is -2.19. The first-order valence-electron chi connectivity index (χ1n) is 13.0. The van der Waals surface area contributed by atoms with E-state index in [9.17, 15) is 0 Å². The molecular formula is C32H32Cl2O4P2. The van der Waals surface area contributed by atoms with Crippen LogP contribution in [0.15, 0.2) is 56.9 Å². The van der Waals surface area contributed by atoms with E-state index in [1.54, 1.807) is 0 Å². The topological polar surface area (TPSA) is 44.7 Å². The SMILES string of the molecule is Cc1cc(C)c(OP(Cl)Cl)c(-c2cc(C)cc(C)c2Op2oc3c(C)cc(C)cc3c3cc(C)cc(C)c3o2)c1. The van der Waals surface area contributed by atoms with Gasteiger partial charge in [0.15, 0.2) is 0 Å². The van der Waals surface area contributed by atoms with Gasteiger partial charge in [-0.1, -0.05) is 24.3 Å². The maximum Gasteiger partial charge on any atom is 0.453 e. The van der Waals surface area contributed by atoms with E-state index in [1.165, 1.54) is 0 Å². The summed E-state index contributed by atoms with van der Waals surface area (Å²) in [4.78, 5) is 0. The fraction of sp³-hybridized carbons (Fsp3) is 0.250. The first kappa shape index (κ1) is 28.9. The van der Waals surface area contributed by atoms with E-state index in [4.69, 9.17) is 39.9 Å². The summed E-state index contributed by atoms with van der Waals surface area (Å²) >= 11 is 12.3. The summed E-state index contributed by atoms with van der Waals surface area (Å²) in [5.74, 6) is 1.31. The molecule has 0 saturated carbocycles. The van der Waals surface area contributed by atoms with Gasteiger partial charge in [-0.15, -0.1) is 0 Å². The molecule has 5 rings (SSSR count). The average molecular weight is 613 g/mol. The van der Waals surface area contributed by atoms with Crippen LogP contribution in [0.5, 0.6) is 11.5 Å². The van der Waals surface area contributed by atoms with E-state index in [-0.39, 0.29) is 0 Å². The molecule has 0 fully saturated rings. The van der Waals surface area contributed by atoms with Gasteiger partial charge in [0.2, 0.25) is 0 Å². The van der Waals surface area contributed by atoms with Gasteiger partial charge in [-0.05, 0) is 147 Å². The van der Waals surface area contributed by atoms with E-state index in [0.29, 0.717) is 11.5 Å². The summed E-state index contributed by atoms with van der Waals surface area (Å²) in [6.45, 7) is 14.8. The minimum atomic E-state index is -1.86. The van der Waals surface area contributed by atoms with E-state index in [2.05, 4.69) is 90.1 Å². The molecular weight excluding hydrogens is 581 g/mol. The van der Waals surface area contributed by atoms with Crippen molar-refractivity contribution in [3.05, 3.63) is 93.0 Å². The van der Waals surface area contributed by atoms with E-state index in [0.717, 1.165) is 77.6 Å². The van der Waals surface area contributed by atoms with Gasteiger partial charge in [0.25, 0.3) is 6.85 Å². The van der Waals surface area contributed by atoms with Crippen LogP contribution >= 0.6 is 37.6 Å². The quantitative estimate of drug-likeness (QED) is 0.185. The lowest BCUT2D eigenvalue weighted by molar-refractivity contribution is 0.495. The zero-order valence-corrected chi connectivity index (χ0v) is 27.2. The van der Waals surface area contributed by atoms with Crippen LogP contribution < -0.4 is 9.05 Å². The lowest BCUT2D eigenvalue weighted by atomic mass is 9.95. The lowest BCUT2D eigenvalue weighted by Crippen LogP contribution is -1.96. The number of aryl methyl sites for hydroxylation is 8. The van der Waals surface area contributed by atoms with Crippen molar-refractivity contribution in [3.8, 4) is 22.6 Å². The van der Waals surface area contributed by atoms with Crippen molar-refractivity contribution >= 4 is 59.5 Å². The monoisotopic (exact) mass is 612 g/mol. The van der Waals surface area contributed by atoms with Crippen LogP contribution in [0.25, 0.3) is 33.1 Å². The molecule has 0 atom stereocenters. The van der Waals surface area contributed by atoms with E-state index < -0.39 is 15.1 Å². The Kier molecular flexibility index (Phi) is 8.20. The predicted molar refractivity (Wildman–Crippen MR) is 171 cm³/mol. The van der Waals surface area contributed by atoms with Crippen LogP contribution in [0.2, 0.25) is 0 Å². The van der Waals surface area contributed by atoms with Crippen molar-refractivity contribution in [1.82, 2.24) is 0 Å². The molecule has 1 heterocycles. The molecule has 4 aromatic carbocycles. The highest BCUT2D eigenvalue weighted by Gasteiger charge is 2.22. The second-order valence-electron chi connectivity index (χ2n) is 10.6. The summed E-state index contributed by atoms with van der Waals surface area (Å²) < 4.78 is 25.9. The van der Waals surface area contributed by atoms with Gasteiger partial charge >= 0.3 is 8.24 Å². The fourth-order valence-corrected chi connectivity index (χ4v) is 7.53. The van der Waals surface area contributed by atoms with Crippen molar-refractivity contribution in [1.29, 1.82) is 0 Å². The number of hydrogen-bond acceptors (Lipinski definition) is 4. The molecule has 1 aromatic heterocycles. The Morgan fingerprint density at radius 2 is 0.950 bits per heavy atom. The van der Waals surface area contributed by atoms with Gasteiger partial charge in [-0.25, -0.2) is 0 Å². The fourth-order valence-electron chi connectivity index (χ4n) is 5.45. The summed E-state index contributed by atoms with van der Waals surface area (Å²) in [5.41, 5.74) is 11.7. The second kappa shape index (κ2) is 11.3. The van der Waals surface area contributed by atoms with Crippen LogP contribution in [0.4, 0.5) is 0 Å². The Morgan fingerprint density at radius 1 is 0.550 bits per heavy atom. The van der Waals surface area contributed by atoms with Crippen molar-refractivity contribution in [2.75, 3.05) is 0 Å². The minimum Gasteiger partial charge on any atom is -0.444 e. The largest absolute Gasteiger partial charge is 0.453 e. The molecule has 0 bridgehead atoms. The highest BCUT2D eigenvalue weighted by molar-refractivity contribution is 8.00. The molecule has 0 aliphatic carbocycles. The molecule has 0 radical (unpaired) electrons. The summed E-state index contributed by atoms with van der Waals surface area (Å²) in [6.07, 6.45) is 0. The standard InChI is InChI=1S/C32H32Cl2O4P2/c1-17-9-21(5)29(35-39(33)34)25(13-17)26-14-18(2)10-22(6)30(26)36-40-37-31-23(7)11-19(3)15-27(31)28-16-20(4)12-24(8)32(28)38-40/h9-16H,1-8H3. The summed E-state index contributed by atoms with van der Waals surface area (Å²) in [6, 6.07) is 16.9. The molecule has 208 valence electrons. The van der Waals surface area contributed by atoms with Gasteiger partial charge in [0.1, 0.15) is 22.7 Å². The number of rotatable bonds is 5. The molecule has 0 saturated heterocycles. The van der Waals surface area contributed by atoms with Gasteiger partial charge in [-0.2, -0.15) is 0 Å². The second-order valence-corrected chi connectivity index (χ2v) is 14.6. The maximum absolute atomic E-state index is 6.73. The highest BCUT2D eigenvalue weighted by atomic mass is 35.9. The van der Waals surface area contributed by atoms with Crippen molar-refractivity contribution < 1.29 is 17.4 Å². The Balaban J connectivity index is 1.81. The zero-order valence-electron chi connectivity index (χ0n) is 23.9. The Labute approximate surface area is 247 Å². The Morgan fingerprint density at radius 3 is 1.43 bits per heavy atom. The van der Waals surface area contributed by atoms with Crippen LogP contribution in [0.3, 0.4) is 0 Å². The van der Waals surface area contributed by atoms with Gasteiger partial charge in [0, 0.05) is 21.9 Å². The third kappa shape index (κ3) is 5.74. The Bertz CT molecular complexity index is 1760. The Hall–Kier alpha value is -2.61. The van der Waals surface area contributed by atoms with Gasteiger partial charge in [-0.3, -0.25) is 0 Å². The highest BCUT2D eigenvalue weighted by Crippen LogP contribution is 2.53. The molecule has 40 heavy (non-hydrogen) atoms. The average Bonchev–Trinajstić information content (AvgIpc) is 2.99. The van der Waals surface area contributed by atoms with Crippen LogP contribution in [0, 0.1) is 55.4 Å². The smallest absolute Gasteiger partial charge is 0.444 e. The first-order chi connectivity index (χ1) is 18.9. The third-order valence-electron chi connectivity index (χ3n) is 6.91. The molecule has 0 aliphatic rings. The van der Waals surface area contributed by atoms with Crippen LogP contribution in [-0.2, 0) is 0 Å². The zero-order chi connectivity index (χ0) is 28.9. The number of benzene rings is 4. The van der Waals surface area contributed by atoms with Crippen LogP contribution in [-0.4, -0.2) is 0 Å². The van der Waals surface area contributed by atoms with Gasteiger partial charge in [0.05, 0.1) is 0 Å². The molecule has 4 nitrogen and oxygen atoms in total. The maximum atomic E-state index is 6.73. The van der Waals surface area contributed by atoms with Crippen molar-refractivity contribution in [2.24, 2.45) is 0 Å². The summed E-state index contributed by atoms with van der Waals surface area (Å²) in [5, 5.41) is 2.02. The predicted octanol–water partition coefficient (Wildman–Crippen LogP) is 12.3. The molecule has 0 N–H and O–H groups in total. The number of halogens is 2. The molecule has 0 spiro atoms. The normalized spacial score (nSPS) is 11.5. The minimum absolute atomic E-state index is 0.639.